The van der Waals surface area contributed by atoms with Crippen LogP contribution in [0.4, 0.5) is 0 Å². The summed E-state index contributed by atoms with van der Waals surface area (Å²) in [6.07, 6.45) is 1.76. The SMILES string of the molecule is O=C(N/C(=C\c1ccccc1)C(=O)N1CC[NH+](Cc2ccccc2)CC1)c1ccccc1. The van der Waals surface area contributed by atoms with Gasteiger partial charge in [-0.25, -0.2) is 0 Å². The number of nitrogens with zero attached hydrogens (tertiary/aromatic N) is 1. The van der Waals surface area contributed by atoms with Crippen LogP contribution in [0, 0.1) is 0 Å². The molecule has 0 bridgehead atoms. The maximum atomic E-state index is 13.4. The quantitative estimate of drug-likeness (QED) is 0.595. The highest BCUT2D eigenvalue weighted by Gasteiger charge is 2.27. The van der Waals surface area contributed by atoms with Crippen LogP contribution in [0.1, 0.15) is 21.5 Å². The molecule has 1 fully saturated rings. The third-order valence-electron chi connectivity index (χ3n) is 5.68. The molecule has 3 aromatic carbocycles. The third-order valence-corrected chi connectivity index (χ3v) is 5.68. The minimum absolute atomic E-state index is 0.142. The molecule has 2 amide bonds. The van der Waals surface area contributed by atoms with Gasteiger partial charge in [0.05, 0.1) is 26.2 Å². The molecule has 0 saturated carbocycles. The number of carbonyl (C=O) groups excluding carboxylic acids is 2. The van der Waals surface area contributed by atoms with Crippen molar-refractivity contribution >= 4 is 17.9 Å². The van der Waals surface area contributed by atoms with Crippen molar-refractivity contribution in [2.75, 3.05) is 26.2 Å². The number of benzene rings is 3. The number of carbonyl (C=O) groups is 2. The monoisotopic (exact) mass is 426 g/mol. The highest BCUT2D eigenvalue weighted by molar-refractivity contribution is 6.05. The Morgan fingerprint density at radius 1 is 0.812 bits per heavy atom. The summed E-state index contributed by atoms with van der Waals surface area (Å²) < 4.78 is 0. The van der Waals surface area contributed by atoms with Crippen LogP contribution in [-0.4, -0.2) is 42.9 Å². The van der Waals surface area contributed by atoms with Crippen LogP contribution in [0.5, 0.6) is 0 Å². The Labute approximate surface area is 189 Å². The predicted octanol–water partition coefficient (Wildman–Crippen LogP) is 2.38. The topological polar surface area (TPSA) is 53.9 Å². The Kier molecular flexibility index (Phi) is 7.10. The molecule has 32 heavy (non-hydrogen) atoms. The smallest absolute Gasteiger partial charge is 0.270 e. The van der Waals surface area contributed by atoms with Gasteiger partial charge in [-0.1, -0.05) is 78.9 Å². The average molecular weight is 427 g/mol. The summed E-state index contributed by atoms with van der Waals surface area (Å²) in [5.74, 6) is -0.425. The summed E-state index contributed by atoms with van der Waals surface area (Å²) in [4.78, 5) is 29.4. The molecule has 162 valence electrons. The first-order valence-electron chi connectivity index (χ1n) is 11.0. The number of hydrogen-bond acceptors (Lipinski definition) is 2. The molecule has 0 atom stereocenters. The van der Waals surface area contributed by atoms with Crippen molar-refractivity contribution in [2.45, 2.75) is 6.54 Å². The van der Waals surface area contributed by atoms with Crippen molar-refractivity contribution in [3.63, 3.8) is 0 Å². The Morgan fingerprint density at radius 2 is 1.38 bits per heavy atom. The summed E-state index contributed by atoms with van der Waals surface area (Å²) in [5, 5.41) is 2.85. The first-order valence-corrected chi connectivity index (χ1v) is 11.0. The number of nitrogens with one attached hydrogen (secondary N) is 2. The first-order chi connectivity index (χ1) is 15.7. The Balaban J connectivity index is 1.45. The fourth-order valence-corrected chi connectivity index (χ4v) is 3.91. The van der Waals surface area contributed by atoms with Crippen LogP contribution in [0.25, 0.3) is 6.08 Å². The van der Waals surface area contributed by atoms with Gasteiger partial charge >= 0.3 is 0 Å². The zero-order chi connectivity index (χ0) is 22.2. The number of quaternary nitrogens is 1. The molecule has 5 heteroatoms. The zero-order valence-electron chi connectivity index (χ0n) is 18.0. The first kappa shape index (κ1) is 21.5. The summed E-state index contributed by atoms with van der Waals surface area (Å²) in [6, 6.07) is 29.0. The minimum atomic E-state index is -0.283. The van der Waals surface area contributed by atoms with Crippen LogP contribution >= 0.6 is 0 Å². The van der Waals surface area contributed by atoms with E-state index in [1.165, 1.54) is 10.5 Å². The molecule has 1 saturated heterocycles. The summed E-state index contributed by atoms with van der Waals surface area (Å²) in [6.45, 7) is 4.04. The van der Waals surface area contributed by atoms with E-state index in [1.54, 1.807) is 18.2 Å². The van der Waals surface area contributed by atoms with E-state index in [0.29, 0.717) is 24.4 Å². The lowest BCUT2D eigenvalue weighted by molar-refractivity contribution is -0.917. The number of piperazine rings is 1. The minimum Gasteiger partial charge on any atom is -0.328 e. The van der Waals surface area contributed by atoms with Gasteiger partial charge in [-0.3, -0.25) is 9.59 Å². The predicted molar refractivity (Wildman–Crippen MR) is 126 cm³/mol. The van der Waals surface area contributed by atoms with Gasteiger partial charge in [0.2, 0.25) is 0 Å². The standard InChI is InChI=1S/C27H27N3O2/c31-26(24-14-8-3-9-15-24)28-25(20-22-10-4-1-5-11-22)27(32)30-18-16-29(17-19-30)21-23-12-6-2-7-13-23/h1-15,20H,16-19,21H2,(H,28,31)/p+1/b25-20-. The molecule has 0 unspecified atom stereocenters. The van der Waals surface area contributed by atoms with Gasteiger partial charge < -0.3 is 15.1 Å². The molecule has 3 aromatic rings. The van der Waals surface area contributed by atoms with Crippen LogP contribution < -0.4 is 10.2 Å². The lowest BCUT2D eigenvalue weighted by atomic mass is 10.1. The second-order valence-electron chi connectivity index (χ2n) is 7.99. The third kappa shape index (κ3) is 5.71. The lowest BCUT2D eigenvalue weighted by Crippen LogP contribution is -3.13. The highest BCUT2D eigenvalue weighted by Crippen LogP contribution is 2.10. The van der Waals surface area contributed by atoms with Crippen LogP contribution in [0.3, 0.4) is 0 Å². The molecule has 1 heterocycles. The molecule has 0 aliphatic carbocycles. The van der Waals surface area contributed by atoms with Crippen molar-refractivity contribution in [1.82, 2.24) is 10.2 Å². The van der Waals surface area contributed by atoms with Gasteiger partial charge in [0.15, 0.2) is 0 Å². The molecular formula is C27H28N3O2+. The van der Waals surface area contributed by atoms with E-state index < -0.39 is 0 Å². The van der Waals surface area contributed by atoms with Crippen LogP contribution in [0.2, 0.25) is 0 Å². The molecule has 4 rings (SSSR count). The average Bonchev–Trinajstić information content (AvgIpc) is 2.85. The Bertz CT molecular complexity index is 1060. The largest absolute Gasteiger partial charge is 0.328 e. The van der Waals surface area contributed by atoms with Gasteiger partial charge in [0.25, 0.3) is 11.8 Å². The summed E-state index contributed by atoms with van der Waals surface area (Å²) in [5.41, 5.74) is 3.01. The number of hydrogen-bond donors (Lipinski definition) is 2. The normalized spacial score (nSPS) is 14.8. The maximum absolute atomic E-state index is 13.4. The van der Waals surface area contributed by atoms with Gasteiger partial charge in [0, 0.05) is 11.1 Å². The Morgan fingerprint density at radius 3 is 2.00 bits per heavy atom. The summed E-state index contributed by atoms with van der Waals surface area (Å²) in [7, 11) is 0. The Hall–Kier alpha value is -3.70. The second kappa shape index (κ2) is 10.6. The van der Waals surface area contributed by atoms with Gasteiger partial charge in [-0.05, 0) is 23.8 Å². The molecule has 0 aromatic heterocycles. The highest BCUT2D eigenvalue weighted by atomic mass is 16.2. The van der Waals surface area contributed by atoms with Crippen LogP contribution in [-0.2, 0) is 11.3 Å². The van der Waals surface area contributed by atoms with Gasteiger partial charge in [-0.2, -0.15) is 0 Å². The van der Waals surface area contributed by atoms with E-state index in [0.717, 1.165) is 25.2 Å². The van der Waals surface area contributed by atoms with Crippen molar-refractivity contribution < 1.29 is 14.5 Å². The van der Waals surface area contributed by atoms with Gasteiger partial charge in [0.1, 0.15) is 12.2 Å². The fourth-order valence-electron chi connectivity index (χ4n) is 3.91. The lowest BCUT2D eigenvalue weighted by Gasteiger charge is -2.32. The molecule has 2 N–H and O–H groups in total. The van der Waals surface area contributed by atoms with Crippen LogP contribution in [0.15, 0.2) is 96.7 Å². The number of rotatable bonds is 6. The molecule has 5 nitrogen and oxygen atoms in total. The molecule has 0 spiro atoms. The van der Waals surface area contributed by atoms with E-state index in [2.05, 4.69) is 29.6 Å². The second-order valence-corrected chi connectivity index (χ2v) is 7.99. The molecule has 0 radical (unpaired) electrons. The van der Waals surface area contributed by atoms with Crippen molar-refractivity contribution in [1.29, 1.82) is 0 Å². The van der Waals surface area contributed by atoms with E-state index in [9.17, 15) is 9.59 Å². The zero-order valence-corrected chi connectivity index (χ0v) is 18.0. The van der Waals surface area contributed by atoms with E-state index in [-0.39, 0.29) is 11.8 Å². The molecule has 1 aliphatic heterocycles. The van der Waals surface area contributed by atoms with Crippen molar-refractivity contribution in [2.24, 2.45) is 0 Å². The van der Waals surface area contributed by atoms with E-state index in [1.807, 2.05) is 59.5 Å². The molecule has 1 aliphatic rings. The number of amides is 2. The maximum Gasteiger partial charge on any atom is 0.270 e. The summed E-state index contributed by atoms with van der Waals surface area (Å²) >= 11 is 0. The van der Waals surface area contributed by atoms with Gasteiger partial charge in [-0.15, -0.1) is 0 Å². The fraction of sp³-hybridized carbons (Fsp3) is 0.185. The molecular weight excluding hydrogens is 398 g/mol. The van der Waals surface area contributed by atoms with Crippen molar-refractivity contribution in [3.8, 4) is 0 Å². The van der Waals surface area contributed by atoms with E-state index >= 15 is 0 Å². The van der Waals surface area contributed by atoms with Crippen molar-refractivity contribution in [3.05, 3.63) is 113 Å². The van der Waals surface area contributed by atoms with E-state index in [4.69, 9.17) is 0 Å².